The van der Waals surface area contributed by atoms with Gasteiger partial charge in [-0.2, -0.15) is 0 Å². The molecule has 0 unspecified atom stereocenters. The quantitative estimate of drug-likeness (QED) is 0.648. The van der Waals surface area contributed by atoms with Crippen molar-refractivity contribution in [1.82, 2.24) is 10.2 Å². The van der Waals surface area contributed by atoms with E-state index >= 15 is 0 Å². The van der Waals surface area contributed by atoms with Gasteiger partial charge in [-0.1, -0.05) is 23.2 Å². The zero-order chi connectivity index (χ0) is 22.5. The van der Waals surface area contributed by atoms with Crippen molar-refractivity contribution in [3.63, 3.8) is 0 Å². The van der Waals surface area contributed by atoms with Gasteiger partial charge in [-0.25, -0.2) is 0 Å². The van der Waals surface area contributed by atoms with E-state index in [0.717, 1.165) is 24.5 Å². The number of thiocarbonyl (C=S) groups is 1. The number of amides is 2. The second kappa shape index (κ2) is 10.2. The highest BCUT2D eigenvalue weighted by Gasteiger charge is 2.19. The first-order chi connectivity index (χ1) is 14.8. The number of carbonyl (C=O) groups is 2. The lowest BCUT2D eigenvalue weighted by molar-refractivity contribution is -0.129. The number of rotatable bonds is 4. The van der Waals surface area contributed by atoms with E-state index in [1.165, 1.54) is 19.2 Å². The molecule has 1 aliphatic rings. The molecular weight excluding hydrogens is 459 g/mol. The molecule has 10 heteroatoms. The van der Waals surface area contributed by atoms with Crippen molar-refractivity contribution < 1.29 is 14.3 Å². The van der Waals surface area contributed by atoms with Crippen molar-refractivity contribution in [2.75, 3.05) is 43.5 Å². The number of nitrogens with one attached hydrogen (secondary N) is 2. The monoisotopic (exact) mass is 480 g/mol. The van der Waals surface area contributed by atoms with Crippen LogP contribution in [0.4, 0.5) is 11.4 Å². The van der Waals surface area contributed by atoms with Gasteiger partial charge in [0.1, 0.15) is 5.75 Å². The summed E-state index contributed by atoms with van der Waals surface area (Å²) in [7, 11) is 1.42. The highest BCUT2D eigenvalue weighted by Crippen LogP contribution is 2.32. The van der Waals surface area contributed by atoms with Crippen LogP contribution >= 0.6 is 35.4 Å². The fourth-order valence-electron chi connectivity index (χ4n) is 3.30. The summed E-state index contributed by atoms with van der Waals surface area (Å²) in [6, 6.07) is 10.7. The number of benzene rings is 2. The Morgan fingerprint density at radius 3 is 2.29 bits per heavy atom. The summed E-state index contributed by atoms with van der Waals surface area (Å²) in [6.45, 7) is 4.58. The van der Waals surface area contributed by atoms with E-state index in [1.54, 1.807) is 6.92 Å². The van der Waals surface area contributed by atoms with Gasteiger partial charge in [0.05, 0.1) is 17.7 Å². The van der Waals surface area contributed by atoms with Crippen LogP contribution < -0.4 is 20.3 Å². The van der Waals surface area contributed by atoms with Crippen LogP contribution in [0.3, 0.4) is 0 Å². The normalized spacial score (nSPS) is 13.5. The maximum Gasteiger partial charge on any atom is 0.261 e. The van der Waals surface area contributed by atoms with Gasteiger partial charge in [-0.3, -0.25) is 14.9 Å². The smallest absolute Gasteiger partial charge is 0.261 e. The van der Waals surface area contributed by atoms with Crippen molar-refractivity contribution in [3.8, 4) is 5.75 Å². The molecule has 2 N–H and O–H groups in total. The van der Waals surface area contributed by atoms with Crippen LogP contribution in [0.1, 0.15) is 17.3 Å². The van der Waals surface area contributed by atoms with E-state index < -0.39 is 5.91 Å². The molecule has 31 heavy (non-hydrogen) atoms. The topological polar surface area (TPSA) is 73.9 Å². The molecule has 2 amide bonds. The van der Waals surface area contributed by atoms with Gasteiger partial charge in [0.2, 0.25) is 5.91 Å². The zero-order valence-corrected chi connectivity index (χ0v) is 19.4. The maximum absolute atomic E-state index is 12.6. The van der Waals surface area contributed by atoms with Gasteiger partial charge in [-0.15, -0.1) is 0 Å². The number of ether oxygens (including phenoxy) is 1. The number of hydrogen-bond donors (Lipinski definition) is 2. The lowest BCUT2D eigenvalue weighted by Gasteiger charge is -2.35. The lowest BCUT2D eigenvalue weighted by Crippen LogP contribution is -2.48. The van der Waals surface area contributed by atoms with E-state index in [4.69, 9.17) is 40.2 Å². The molecule has 0 aliphatic carbocycles. The molecule has 2 aromatic carbocycles. The molecule has 2 aromatic rings. The number of piperazine rings is 1. The molecule has 7 nitrogen and oxygen atoms in total. The molecule has 0 radical (unpaired) electrons. The molecule has 164 valence electrons. The summed E-state index contributed by atoms with van der Waals surface area (Å²) in [5.41, 5.74) is 1.97. The van der Waals surface area contributed by atoms with Crippen molar-refractivity contribution in [1.29, 1.82) is 0 Å². The highest BCUT2D eigenvalue weighted by atomic mass is 35.5. The largest absolute Gasteiger partial charge is 0.494 e. The molecule has 1 fully saturated rings. The molecule has 0 spiro atoms. The molecule has 1 aliphatic heterocycles. The van der Waals surface area contributed by atoms with Crippen LogP contribution in [0, 0.1) is 0 Å². The van der Waals surface area contributed by atoms with Crippen LogP contribution in [-0.4, -0.2) is 55.1 Å². The second-order valence-electron chi connectivity index (χ2n) is 6.92. The predicted octanol–water partition coefficient (Wildman–Crippen LogP) is 3.80. The Labute approximate surface area is 196 Å². The molecule has 0 saturated carbocycles. The van der Waals surface area contributed by atoms with Crippen molar-refractivity contribution in [2.45, 2.75) is 6.92 Å². The van der Waals surface area contributed by atoms with Crippen LogP contribution in [0.2, 0.25) is 10.0 Å². The minimum Gasteiger partial charge on any atom is -0.494 e. The molecular formula is C21H22Cl2N4O3S. The summed E-state index contributed by atoms with van der Waals surface area (Å²) >= 11 is 17.3. The summed E-state index contributed by atoms with van der Waals surface area (Å²) in [5, 5.41) is 6.27. The van der Waals surface area contributed by atoms with Crippen LogP contribution in [0.5, 0.6) is 5.75 Å². The van der Waals surface area contributed by atoms with E-state index in [9.17, 15) is 9.59 Å². The average molecular weight is 481 g/mol. The van der Waals surface area contributed by atoms with Gasteiger partial charge >= 0.3 is 0 Å². The average Bonchev–Trinajstić information content (AvgIpc) is 2.73. The highest BCUT2D eigenvalue weighted by molar-refractivity contribution is 7.80. The Kier molecular flexibility index (Phi) is 7.59. The Morgan fingerprint density at radius 2 is 1.71 bits per heavy atom. The first-order valence-electron chi connectivity index (χ1n) is 9.54. The Hall–Kier alpha value is -2.55. The first kappa shape index (κ1) is 23.1. The Bertz CT molecular complexity index is 993. The molecule has 1 heterocycles. The van der Waals surface area contributed by atoms with Gasteiger partial charge in [0.25, 0.3) is 5.91 Å². The van der Waals surface area contributed by atoms with Gasteiger partial charge in [0.15, 0.2) is 5.11 Å². The fraction of sp³-hybridized carbons (Fsp3) is 0.286. The number of carbonyl (C=O) groups excluding carboxylic acids is 2. The third-order valence-electron chi connectivity index (χ3n) is 4.90. The summed E-state index contributed by atoms with van der Waals surface area (Å²) in [6.07, 6.45) is 0. The zero-order valence-electron chi connectivity index (χ0n) is 17.1. The number of anilines is 2. The SMILES string of the molecule is COc1c(Cl)cc(Cl)cc1C(=O)NC(=S)Nc1ccc(N2CCN(C(C)=O)CC2)cc1. The number of halogens is 2. The van der Waals surface area contributed by atoms with Crippen molar-refractivity contribution >= 4 is 63.7 Å². The molecule has 0 bridgehead atoms. The molecule has 3 rings (SSSR count). The van der Waals surface area contributed by atoms with Crippen LogP contribution in [-0.2, 0) is 4.79 Å². The molecule has 1 saturated heterocycles. The third kappa shape index (κ3) is 5.78. The fourth-order valence-corrected chi connectivity index (χ4v) is 4.09. The van der Waals surface area contributed by atoms with E-state index in [1.807, 2.05) is 29.2 Å². The van der Waals surface area contributed by atoms with Gasteiger partial charge in [-0.05, 0) is 48.6 Å². The number of methoxy groups -OCH3 is 1. The van der Waals surface area contributed by atoms with E-state index in [0.29, 0.717) is 18.1 Å². The lowest BCUT2D eigenvalue weighted by atomic mass is 10.2. The van der Waals surface area contributed by atoms with Crippen molar-refractivity contribution in [3.05, 3.63) is 52.0 Å². The summed E-state index contributed by atoms with van der Waals surface area (Å²) in [4.78, 5) is 28.1. The van der Waals surface area contributed by atoms with Crippen molar-refractivity contribution in [2.24, 2.45) is 0 Å². The van der Waals surface area contributed by atoms with Gasteiger partial charge in [0, 0.05) is 49.5 Å². The minimum absolute atomic E-state index is 0.104. The van der Waals surface area contributed by atoms with Crippen LogP contribution in [0.25, 0.3) is 0 Å². The Morgan fingerprint density at radius 1 is 1.06 bits per heavy atom. The second-order valence-corrected chi connectivity index (χ2v) is 8.17. The third-order valence-corrected chi connectivity index (χ3v) is 5.60. The standard InChI is InChI=1S/C21H22Cl2N4O3S/c1-13(28)26-7-9-27(10-8-26)16-5-3-15(4-6-16)24-21(31)25-20(29)17-11-14(22)12-18(23)19(17)30-2/h3-6,11-12H,7-10H2,1-2H3,(H2,24,25,29,31). The predicted molar refractivity (Wildman–Crippen MR) is 128 cm³/mol. The van der Waals surface area contributed by atoms with Gasteiger partial charge < -0.3 is 19.9 Å². The minimum atomic E-state index is -0.487. The van der Waals surface area contributed by atoms with E-state index in [-0.39, 0.29) is 27.4 Å². The van der Waals surface area contributed by atoms with Crippen LogP contribution in [0.15, 0.2) is 36.4 Å². The maximum atomic E-state index is 12.6. The number of nitrogens with zero attached hydrogens (tertiary/aromatic N) is 2. The first-order valence-corrected chi connectivity index (χ1v) is 10.7. The summed E-state index contributed by atoms with van der Waals surface area (Å²) < 4.78 is 5.20. The Balaban J connectivity index is 1.59. The molecule has 0 atom stereocenters. The summed E-state index contributed by atoms with van der Waals surface area (Å²) in [5.74, 6) is -0.160. The van der Waals surface area contributed by atoms with E-state index in [2.05, 4.69) is 15.5 Å². The molecule has 0 aromatic heterocycles. The number of hydrogen-bond acceptors (Lipinski definition) is 5.